The molecule has 188 valence electrons. The fourth-order valence-corrected chi connectivity index (χ4v) is 6.63. The normalized spacial score (nSPS) is 16.9. The van der Waals surface area contributed by atoms with Gasteiger partial charge in [-0.05, 0) is 61.9 Å². The smallest absolute Gasteiger partial charge is 0.243 e. The van der Waals surface area contributed by atoms with Crippen LogP contribution in [0.25, 0.3) is 0 Å². The summed E-state index contributed by atoms with van der Waals surface area (Å²) in [5.74, 6) is -0.182. The van der Waals surface area contributed by atoms with Crippen molar-refractivity contribution in [1.82, 2.24) is 14.5 Å². The third-order valence-corrected chi connectivity index (χ3v) is 8.89. The van der Waals surface area contributed by atoms with E-state index in [1.807, 2.05) is 30.3 Å². The maximum atomic E-state index is 13.4. The Balaban J connectivity index is 1.24. The number of likely N-dealkylation sites (tertiary alicyclic amines) is 1. The third-order valence-electron chi connectivity index (χ3n) is 6.62. The van der Waals surface area contributed by atoms with E-state index in [2.05, 4.69) is 5.32 Å². The van der Waals surface area contributed by atoms with Crippen molar-refractivity contribution in [3.05, 3.63) is 65.2 Å². The molecule has 1 saturated carbocycles. The average molecular weight is 518 g/mol. The summed E-state index contributed by atoms with van der Waals surface area (Å²) in [6.07, 6.45) is 4.00. The molecule has 1 saturated heterocycles. The van der Waals surface area contributed by atoms with Crippen LogP contribution in [0.3, 0.4) is 0 Å². The molecule has 1 aliphatic heterocycles. The van der Waals surface area contributed by atoms with Crippen LogP contribution in [0, 0.1) is 0 Å². The minimum Gasteiger partial charge on any atom is -0.356 e. The fourth-order valence-electron chi connectivity index (χ4n) is 4.58. The molecule has 0 unspecified atom stereocenters. The molecule has 9 heteroatoms. The van der Waals surface area contributed by atoms with Gasteiger partial charge in [0.2, 0.25) is 21.8 Å². The van der Waals surface area contributed by atoms with Gasteiger partial charge in [0.25, 0.3) is 0 Å². The van der Waals surface area contributed by atoms with Crippen LogP contribution in [0.2, 0.25) is 5.02 Å². The maximum Gasteiger partial charge on any atom is 0.243 e. The summed E-state index contributed by atoms with van der Waals surface area (Å²) < 4.78 is 28.4. The first kappa shape index (κ1) is 25.7. The van der Waals surface area contributed by atoms with Crippen molar-refractivity contribution in [3.63, 3.8) is 0 Å². The molecule has 4 rings (SSSR count). The van der Waals surface area contributed by atoms with Crippen LogP contribution in [0.4, 0.5) is 0 Å². The van der Waals surface area contributed by atoms with Crippen LogP contribution < -0.4 is 5.32 Å². The molecule has 2 aromatic carbocycles. The minimum atomic E-state index is -3.62. The van der Waals surface area contributed by atoms with Gasteiger partial charge in [0.05, 0.1) is 4.90 Å². The second-order valence-corrected chi connectivity index (χ2v) is 11.5. The number of carbonyl (C=O) groups excluding carboxylic acids is 2. The Hall–Kier alpha value is -2.42. The zero-order valence-electron chi connectivity index (χ0n) is 19.7. The summed E-state index contributed by atoms with van der Waals surface area (Å²) in [6.45, 7) is 1.54. The molecule has 2 fully saturated rings. The first-order valence-electron chi connectivity index (χ1n) is 12.2. The first-order chi connectivity index (χ1) is 16.8. The van der Waals surface area contributed by atoms with Gasteiger partial charge in [0.15, 0.2) is 0 Å². The highest BCUT2D eigenvalue weighted by molar-refractivity contribution is 7.89. The second-order valence-electron chi connectivity index (χ2n) is 9.22. The van der Waals surface area contributed by atoms with Crippen molar-refractivity contribution < 1.29 is 18.0 Å². The molecule has 2 amide bonds. The van der Waals surface area contributed by atoms with E-state index >= 15 is 0 Å². The van der Waals surface area contributed by atoms with Crippen LogP contribution in [0.15, 0.2) is 59.5 Å². The highest BCUT2D eigenvalue weighted by Crippen LogP contribution is 2.37. The summed E-state index contributed by atoms with van der Waals surface area (Å²) in [4.78, 5) is 26.8. The number of hydrogen-bond donors (Lipinski definition) is 1. The van der Waals surface area contributed by atoms with E-state index in [0.29, 0.717) is 37.5 Å². The molecule has 2 aliphatic rings. The number of benzene rings is 2. The van der Waals surface area contributed by atoms with Crippen LogP contribution in [-0.2, 0) is 26.0 Å². The van der Waals surface area contributed by atoms with Gasteiger partial charge in [0.1, 0.15) is 0 Å². The van der Waals surface area contributed by atoms with Crippen LogP contribution >= 0.6 is 11.6 Å². The van der Waals surface area contributed by atoms with Gasteiger partial charge < -0.3 is 10.2 Å². The Kier molecular flexibility index (Phi) is 8.46. The quantitative estimate of drug-likeness (QED) is 0.521. The van der Waals surface area contributed by atoms with Crippen molar-refractivity contribution >= 4 is 33.4 Å². The SMILES string of the molecule is O=C(CCC(=O)N1CCC(N(C2CC2)S(=O)(=O)c2ccc(Cl)cc2)CC1)NCCc1ccccc1. The summed E-state index contributed by atoms with van der Waals surface area (Å²) in [5, 5.41) is 3.37. The lowest BCUT2D eigenvalue weighted by molar-refractivity contribution is -0.134. The monoisotopic (exact) mass is 517 g/mol. The molecular weight excluding hydrogens is 486 g/mol. The molecule has 0 atom stereocenters. The van der Waals surface area contributed by atoms with Crippen molar-refractivity contribution in [3.8, 4) is 0 Å². The average Bonchev–Trinajstić information content (AvgIpc) is 3.69. The Bertz CT molecular complexity index is 1110. The molecule has 1 aliphatic carbocycles. The van der Waals surface area contributed by atoms with E-state index in [-0.39, 0.29) is 41.6 Å². The lowest BCUT2D eigenvalue weighted by Crippen LogP contribution is -2.49. The molecule has 0 bridgehead atoms. The molecule has 35 heavy (non-hydrogen) atoms. The lowest BCUT2D eigenvalue weighted by Gasteiger charge is -2.38. The minimum absolute atomic E-state index is 0.0301. The van der Waals surface area contributed by atoms with Gasteiger partial charge in [0, 0.05) is 49.6 Å². The highest BCUT2D eigenvalue weighted by atomic mass is 35.5. The maximum absolute atomic E-state index is 13.4. The lowest BCUT2D eigenvalue weighted by atomic mass is 10.0. The molecule has 1 heterocycles. The van der Waals surface area contributed by atoms with Crippen LogP contribution in [-0.4, -0.2) is 61.2 Å². The van der Waals surface area contributed by atoms with E-state index in [9.17, 15) is 18.0 Å². The largest absolute Gasteiger partial charge is 0.356 e. The van der Waals surface area contributed by atoms with Crippen LogP contribution in [0.1, 0.15) is 44.1 Å². The third kappa shape index (κ3) is 6.84. The first-order valence-corrected chi connectivity index (χ1v) is 14.0. The van der Waals surface area contributed by atoms with Crippen LogP contribution in [0.5, 0.6) is 0 Å². The number of carbonyl (C=O) groups is 2. The molecule has 0 spiro atoms. The Morgan fingerprint density at radius 2 is 1.54 bits per heavy atom. The van der Waals surface area contributed by atoms with E-state index in [1.54, 1.807) is 33.5 Å². The topological polar surface area (TPSA) is 86.8 Å². The van der Waals surface area contributed by atoms with Gasteiger partial charge in [-0.3, -0.25) is 9.59 Å². The number of halogens is 1. The summed E-state index contributed by atoms with van der Waals surface area (Å²) in [6, 6.07) is 16.1. The number of nitrogens with zero attached hydrogens (tertiary/aromatic N) is 2. The van der Waals surface area contributed by atoms with E-state index in [4.69, 9.17) is 11.6 Å². The Morgan fingerprint density at radius 1 is 0.914 bits per heavy atom. The molecular formula is C26H32ClN3O4S. The number of rotatable bonds is 10. The number of sulfonamides is 1. The van der Waals surface area contributed by atoms with E-state index in [0.717, 1.165) is 24.8 Å². The fraction of sp³-hybridized carbons (Fsp3) is 0.462. The summed E-state index contributed by atoms with van der Waals surface area (Å²) in [5.41, 5.74) is 1.16. The van der Waals surface area contributed by atoms with E-state index < -0.39 is 10.0 Å². The van der Waals surface area contributed by atoms with Crippen molar-refractivity contribution in [2.24, 2.45) is 0 Å². The van der Waals surface area contributed by atoms with Crippen molar-refractivity contribution in [2.75, 3.05) is 19.6 Å². The van der Waals surface area contributed by atoms with Gasteiger partial charge >= 0.3 is 0 Å². The molecule has 0 aromatic heterocycles. The van der Waals surface area contributed by atoms with Crippen molar-refractivity contribution in [1.29, 1.82) is 0 Å². The van der Waals surface area contributed by atoms with E-state index in [1.165, 1.54) is 0 Å². The number of piperidine rings is 1. The molecule has 0 radical (unpaired) electrons. The predicted molar refractivity (Wildman–Crippen MR) is 135 cm³/mol. The summed E-state index contributed by atoms with van der Waals surface area (Å²) >= 11 is 5.94. The van der Waals surface area contributed by atoms with Gasteiger partial charge in [-0.1, -0.05) is 41.9 Å². The standard InChI is InChI=1S/C26H32ClN3O4S/c27-21-6-10-24(11-7-21)35(33,34)30(22-8-9-22)23-15-18-29(19-16-23)26(32)13-12-25(31)28-17-14-20-4-2-1-3-5-20/h1-7,10-11,22-23H,8-9,12-19H2,(H,28,31). The number of hydrogen-bond acceptors (Lipinski definition) is 4. The van der Waals surface area contributed by atoms with Gasteiger partial charge in [-0.25, -0.2) is 8.42 Å². The molecule has 7 nitrogen and oxygen atoms in total. The predicted octanol–water partition coefficient (Wildman–Crippen LogP) is 3.62. The van der Waals surface area contributed by atoms with Crippen molar-refractivity contribution in [2.45, 2.75) is 61.9 Å². The van der Waals surface area contributed by atoms with Gasteiger partial charge in [-0.2, -0.15) is 4.31 Å². The molecule has 2 aromatic rings. The number of nitrogens with one attached hydrogen (secondary N) is 1. The Morgan fingerprint density at radius 3 is 2.17 bits per heavy atom. The summed E-state index contributed by atoms with van der Waals surface area (Å²) in [7, 11) is -3.62. The number of amides is 2. The highest BCUT2D eigenvalue weighted by Gasteiger charge is 2.43. The molecule has 1 N–H and O–H groups in total. The zero-order chi connectivity index (χ0) is 24.8. The second kappa shape index (κ2) is 11.5. The Labute approximate surface area is 212 Å². The zero-order valence-corrected chi connectivity index (χ0v) is 21.3. The van der Waals surface area contributed by atoms with Gasteiger partial charge in [-0.15, -0.1) is 0 Å².